The summed E-state index contributed by atoms with van der Waals surface area (Å²) in [5, 5.41) is 3.97. The molecular formula is C28H30N6O2. The molecule has 36 heavy (non-hydrogen) atoms. The summed E-state index contributed by atoms with van der Waals surface area (Å²) in [5.74, 6) is 2.38. The van der Waals surface area contributed by atoms with E-state index in [1.807, 2.05) is 73.7 Å². The van der Waals surface area contributed by atoms with E-state index >= 15 is 0 Å². The topological polar surface area (TPSA) is 96.6 Å². The molecule has 0 aliphatic carbocycles. The molecule has 184 valence electrons. The van der Waals surface area contributed by atoms with Crippen LogP contribution in [0.2, 0.25) is 0 Å². The van der Waals surface area contributed by atoms with Gasteiger partial charge in [-0.2, -0.15) is 4.98 Å². The van der Waals surface area contributed by atoms with E-state index in [-0.39, 0.29) is 17.9 Å². The Morgan fingerprint density at radius 3 is 2.36 bits per heavy atom. The highest BCUT2D eigenvalue weighted by Crippen LogP contribution is 2.27. The van der Waals surface area contributed by atoms with Crippen molar-refractivity contribution in [2.75, 3.05) is 43.9 Å². The number of piperazine rings is 1. The molecule has 0 radical (unpaired) electrons. The Morgan fingerprint density at radius 2 is 1.64 bits per heavy atom. The van der Waals surface area contributed by atoms with E-state index in [1.54, 1.807) is 6.07 Å². The average molecular weight is 483 g/mol. The van der Waals surface area contributed by atoms with Crippen LogP contribution in [-0.2, 0) is 0 Å². The van der Waals surface area contributed by atoms with Crippen molar-refractivity contribution in [2.45, 2.75) is 13.0 Å². The van der Waals surface area contributed by atoms with Gasteiger partial charge in [-0.25, -0.2) is 4.98 Å². The Morgan fingerprint density at radius 1 is 0.944 bits per heavy atom. The smallest absolute Gasteiger partial charge is 0.251 e. The second kappa shape index (κ2) is 10.2. The number of nitrogens with zero attached hydrogens (tertiary/aromatic N) is 4. The van der Waals surface area contributed by atoms with Crippen LogP contribution in [0.4, 0.5) is 11.8 Å². The third kappa shape index (κ3) is 5.23. The average Bonchev–Trinajstić information content (AvgIpc) is 2.89. The fourth-order valence-electron chi connectivity index (χ4n) is 4.34. The number of hydrogen-bond donors (Lipinski definition) is 2. The van der Waals surface area contributed by atoms with Gasteiger partial charge in [-0.15, -0.1) is 0 Å². The molecule has 5 rings (SSSR count). The molecule has 2 heterocycles. The Hall–Kier alpha value is -4.17. The minimum absolute atomic E-state index is 0.174. The Kier molecular flexibility index (Phi) is 6.69. The number of amides is 1. The highest BCUT2D eigenvalue weighted by atomic mass is 16.5. The number of nitrogen functional groups attached to an aromatic ring is 1. The summed E-state index contributed by atoms with van der Waals surface area (Å²) in [6, 6.07) is 22.7. The van der Waals surface area contributed by atoms with Crippen LogP contribution in [0, 0.1) is 0 Å². The molecule has 4 aromatic rings. The van der Waals surface area contributed by atoms with Crippen LogP contribution in [0.15, 0.2) is 72.8 Å². The highest BCUT2D eigenvalue weighted by Gasteiger charge is 2.20. The number of ether oxygens (including phenoxy) is 1. The molecule has 8 heteroatoms. The van der Waals surface area contributed by atoms with Crippen molar-refractivity contribution >= 4 is 28.6 Å². The monoisotopic (exact) mass is 482 g/mol. The van der Waals surface area contributed by atoms with Crippen LogP contribution in [0.1, 0.15) is 28.9 Å². The van der Waals surface area contributed by atoms with E-state index in [0.29, 0.717) is 11.1 Å². The van der Waals surface area contributed by atoms with E-state index in [2.05, 4.69) is 32.1 Å². The first kappa shape index (κ1) is 23.6. The Balaban J connectivity index is 1.29. The molecule has 3 N–H and O–H groups in total. The van der Waals surface area contributed by atoms with Crippen LogP contribution in [0.25, 0.3) is 10.9 Å². The summed E-state index contributed by atoms with van der Waals surface area (Å²) in [6.07, 6.45) is 0. The van der Waals surface area contributed by atoms with Crippen LogP contribution in [-0.4, -0.2) is 54.0 Å². The number of rotatable bonds is 6. The van der Waals surface area contributed by atoms with E-state index in [4.69, 9.17) is 10.5 Å². The molecule has 0 spiro atoms. The maximum absolute atomic E-state index is 13.1. The van der Waals surface area contributed by atoms with Crippen LogP contribution < -0.4 is 20.7 Å². The van der Waals surface area contributed by atoms with Crippen molar-refractivity contribution in [1.82, 2.24) is 20.2 Å². The predicted octanol–water partition coefficient (Wildman–Crippen LogP) is 4.25. The van der Waals surface area contributed by atoms with E-state index < -0.39 is 0 Å². The van der Waals surface area contributed by atoms with Gasteiger partial charge < -0.3 is 25.6 Å². The molecule has 1 aliphatic heterocycles. The number of fused-ring (bicyclic) bond motifs is 1. The lowest BCUT2D eigenvalue weighted by Crippen LogP contribution is -2.45. The SMILES string of the molecule is CC(NC(=O)c1ccc2c(N3CCN(C)CC3)nc(N)nc2c1)c1ccc(Oc2ccccc2)cc1. The molecule has 1 atom stereocenters. The predicted molar refractivity (Wildman–Crippen MR) is 142 cm³/mol. The number of nitrogens with one attached hydrogen (secondary N) is 1. The minimum Gasteiger partial charge on any atom is -0.457 e. The first-order chi connectivity index (χ1) is 17.5. The molecule has 1 amide bonds. The maximum atomic E-state index is 13.1. The van der Waals surface area contributed by atoms with Crippen molar-refractivity contribution in [3.8, 4) is 11.5 Å². The number of likely N-dealkylation sites (N-methyl/N-ethyl adjacent to an activating group) is 1. The van der Waals surface area contributed by atoms with Crippen LogP contribution in [0.5, 0.6) is 11.5 Å². The number of para-hydroxylation sites is 1. The van der Waals surface area contributed by atoms with E-state index in [1.165, 1.54) is 0 Å². The summed E-state index contributed by atoms with van der Waals surface area (Å²) in [7, 11) is 2.11. The van der Waals surface area contributed by atoms with Gasteiger partial charge in [0.2, 0.25) is 5.95 Å². The fourth-order valence-corrected chi connectivity index (χ4v) is 4.34. The van der Waals surface area contributed by atoms with Crippen molar-refractivity contribution in [3.63, 3.8) is 0 Å². The maximum Gasteiger partial charge on any atom is 0.251 e. The molecule has 8 nitrogen and oxygen atoms in total. The standard InChI is InChI=1S/C28H30N6O2/c1-19(20-8-11-23(12-9-20)36-22-6-4-3-5-7-22)30-27(35)21-10-13-24-25(18-21)31-28(29)32-26(24)34-16-14-33(2)15-17-34/h3-13,18-19H,14-17H2,1-2H3,(H,30,35)(H2,29,31,32). The zero-order chi connectivity index (χ0) is 25.1. The first-order valence-electron chi connectivity index (χ1n) is 12.1. The molecule has 1 unspecified atom stereocenters. The van der Waals surface area contributed by atoms with Gasteiger partial charge in [-0.05, 0) is 62.0 Å². The Bertz CT molecular complexity index is 1350. The normalized spacial score (nSPS) is 15.0. The van der Waals surface area contributed by atoms with Gasteiger partial charge in [0.25, 0.3) is 5.91 Å². The van der Waals surface area contributed by atoms with Crippen molar-refractivity contribution in [1.29, 1.82) is 0 Å². The number of hydrogen-bond acceptors (Lipinski definition) is 7. The van der Waals surface area contributed by atoms with Gasteiger partial charge in [-0.1, -0.05) is 30.3 Å². The quantitative estimate of drug-likeness (QED) is 0.424. The fraction of sp³-hybridized carbons (Fsp3) is 0.250. The number of carbonyl (C=O) groups is 1. The molecule has 0 saturated carbocycles. The van der Waals surface area contributed by atoms with Gasteiger partial charge in [0.05, 0.1) is 11.6 Å². The molecule has 1 aromatic heterocycles. The summed E-state index contributed by atoms with van der Waals surface area (Å²) in [4.78, 5) is 26.5. The molecule has 0 bridgehead atoms. The van der Waals surface area contributed by atoms with Gasteiger partial charge in [-0.3, -0.25) is 4.79 Å². The van der Waals surface area contributed by atoms with Gasteiger partial charge in [0, 0.05) is 37.1 Å². The van der Waals surface area contributed by atoms with E-state index in [0.717, 1.165) is 54.4 Å². The van der Waals surface area contributed by atoms with Gasteiger partial charge in [0.15, 0.2) is 0 Å². The van der Waals surface area contributed by atoms with Crippen molar-refractivity contribution in [3.05, 3.63) is 83.9 Å². The highest BCUT2D eigenvalue weighted by molar-refractivity contribution is 6.00. The second-order valence-electron chi connectivity index (χ2n) is 9.11. The molecule has 1 aliphatic rings. The molecule has 1 saturated heterocycles. The summed E-state index contributed by atoms with van der Waals surface area (Å²) >= 11 is 0. The first-order valence-corrected chi connectivity index (χ1v) is 12.1. The van der Waals surface area contributed by atoms with E-state index in [9.17, 15) is 4.79 Å². The number of anilines is 2. The zero-order valence-corrected chi connectivity index (χ0v) is 20.5. The summed E-state index contributed by atoms with van der Waals surface area (Å²) < 4.78 is 5.86. The third-order valence-electron chi connectivity index (χ3n) is 6.47. The third-order valence-corrected chi connectivity index (χ3v) is 6.47. The number of aromatic nitrogens is 2. The lowest BCUT2D eigenvalue weighted by atomic mass is 10.1. The van der Waals surface area contributed by atoms with Gasteiger partial charge in [0.1, 0.15) is 17.3 Å². The largest absolute Gasteiger partial charge is 0.457 e. The molecule has 3 aromatic carbocycles. The second-order valence-corrected chi connectivity index (χ2v) is 9.11. The lowest BCUT2D eigenvalue weighted by Gasteiger charge is -2.33. The van der Waals surface area contributed by atoms with Crippen LogP contribution >= 0.6 is 0 Å². The van der Waals surface area contributed by atoms with Crippen molar-refractivity contribution in [2.24, 2.45) is 0 Å². The number of carbonyl (C=O) groups excluding carboxylic acids is 1. The Labute approximate surface area is 210 Å². The van der Waals surface area contributed by atoms with Crippen molar-refractivity contribution < 1.29 is 9.53 Å². The number of benzene rings is 3. The minimum atomic E-state index is -0.185. The molecular weight excluding hydrogens is 452 g/mol. The molecule has 1 fully saturated rings. The van der Waals surface area contributed by atoms with Gasteiger partial charge >= 0.3 is 0 Å². The lowest BCUT2D eigenvalue weighted by molar-refractivity contribution is 0.0940. The number of nitrogens with two attached hydrogens (primary N) is 1. The summed E-state index contributed by atoms with van der Waals surface area (Å²) in [6.45, 7) is 5.62. The summed E-state index contributed by atoms with van der Waals surface area (Å²) in [5.41, 5.74) is 8.21. The zero-order valence-electron chi connectivity index (χ0n) is 20.5. The van der Waals surface area contributed by atoms with Crippen LogP contribution in [0.3, 0.4) is 0 Å².